The fourth-order valence-electron chi connectivity index (χ4n) is 4.44. The quantitative estimate of drug-likeness (QED) is 0.468. The number of halogens is 1. The lowest BCUT2D eigenvalue weighted by atomic mass is 9.93. The first kappa shape index (κ1) is 22.1. The second-order valence-electron chi connectivity index (χ2n) is 8.14. The van der Waals surface area contributed by atoms with Gasteiger partial charge in [-0.2, -0.15) is 0 Å². The van der Waals surface area contributed by atoms with Crippen molar-refractivity contribution in [3.05, 3.63) is 89.7 Å². The molecule has 3 aromatic carbocycles. The summed E-state index contributed by atoms with van der Waals surface area (Å²) in [4.78, 5) is 2.25. The third-order valence-corrected chi connectivity index (χ3v) is 6.13. The number of phenolic OH excluding ortho intramolecular Hbond substituents is 1. The van der Waals surface area contributed by atoms with Crippen molar-refractivity contribution in [3.8, 4) is 11.5 Å². The van der Waals surface area contributed by atoms with E-state index >= 15 is 0 Å². The first-order chi connectivity index (χ1) is 15.6. The van der Waals surface area contributed by atoms with Crippen molar-refractivity contribution in [2.24, 2.45) is 0 Å². The Balaban J connectivity index is 1.50. The Kier molecular flexibility index (Phi) is 6.93. The summed E-state index contributed by atoms with van der Waals surface area (Å²) in [5.74, 6) is 0.511. The number of aromatic hydroxyl groups is 1. The van der Waals surface area contributed by atoms with Crippen molar-refractivity contribution in [2.45, 2.75) is 37.5 Å². The third-order valence-electron chi connectivity index (χ3n) is 6.13. The van der Waals surface area contributed by atoms with Crippen molar-refractivity contribution >= 4 is 5.69 Å². The summed E-state index contributed by atoms with van der Waals surface area (Å²) in [6, 6.07) is 21.6. The molecule has 3 N–H and O–H groups in total. The van der Waals surface area contributed by atoms with Crippen LogP contribution in [0.4, 0.5) is 10.1 Å². The van der Waals surface area contributed by atoms with E-state index in [9.17, 15) is 14.6 Å². The summed E-state index contributed by atoms with van der Waals surface area (Å²) in [7, 11) is 1.58. The summed E-state index contributed by atoms with van der Waals surface area (Å²) >= 11 is 0. The van der Waals surface area contributed by atoms with Gasteiger partial charge in [0.15, 0.2) is 0 Å². The number of anilines is 1. The number of nitrogens with one attached hydrogen (secondary N) is 1. The number of rotatable bonds is 8. The molecule has 1 aliphatic rings. The molecule has 3 aromatic rings. The number of para-hydroxylation sites is 1. The first-order valence-corrected chi connectivity index (χ1v) is 10.9. The minimum atomic E-state index is -0.630. The molecule has 6 heteroatoms. The minimum Gasteiger partial charge on any atom is -0.507 e. The van der Waals surface area contributed by atoms with Crippen LogP contribution in [0.15, 0.2) is 72.8 Å². The zero-order valence-electron chi connectivity index (χ0n) is 18.1. The summed E-state index contributed by atoms with van der Waals surface area (Å²) < 4.78 is 18.4. The second-order valence-corrected chi connectivity index (χ2v) is 8.14. The molecule has 1 aliphatic heterocycles. The molecule has 0 spiro atoms. The Morgan fingerprint density at radius 2 is 1.84 bits per heavy atom. The molecule has 0 aliphatic carbocycles. The number of aliphatic hydroxyl groups excluding tert-OH is 1. The smallest absolute Gasteiger partial charge is 0.124 e. The van der Waals surface area contributed by atoms with Crippen molar-refractivity contribution in [3.63, 3.8) is 0 Å². The molecule has 0 saturated carbocycles. The molecule has 0 radical (unpaired) electrons. The van der Waals surface area contributed by atoms with E-state index in [-0.39, 0.29) is 23.7 Å². The standard InChI is InChI=1S/C26H29FN2O3/c1-32-21-14-15-22(25(31)16-21)26-23(28-17-29(26)20-6-3-2-4-7-20)8-5-9-24(30)18-10-12-19(27)13-11-18/h2-4,6-7,10-16,23-24,26,28,30-31H,5,8-9,17H2,1H3. The Bertz CT molecular complexity index is 1010. The fraction of sp³-hybridized carbons (Fsp3) is 0.308. The molecule has 0 bridgehead atoms. The molecule has 32 heavy (non-hydrogen) atoms. The normalized spacial score (nSPS) is 19.2. The topological polar surface area (TPSA) is 65.0 Å². The lowest BCUT2D eigenvalue weighted by molar-refractivity contribution is 0.162. The molecule has 1 saturated heterocycles. The van der Waals surface area contributed by atoms with Gasteiger partial charge in [0.1, 0.15) is 17.3 Å². The van der Waals surface area contributed by atoms with E-state index in [1.165, 1.54) is 12.1 Å². The predicted molar refractivity (Wildman–Crippen MR) is 123 cm³/mol. The van der Waals surface area contributed by atoms with Crippen LogP contribution < -0.4 is 15.0 Å². The van der Waals surface area contributed by atoms with Gasteiger partial charge in [0.2, 0.25) is 0 Å². The number of hydrogen-bond acceptors (Lipinski definition) is 5. The van der Waals surface area contributed by atoms with Crippen LogP contribution in [0.1, 0.15) is 42.5 Å². The molecule has 1 fully saturated rings. The largest absolute Gasteiger partial charge is 0.507 e. The van der Waals surface area contributed by atoms with Gasteiger partial charge < -0.3 is 19.8 Å². The number of phenols is 1. The number of aliphatic hydroxyl groups is 1. The summed E-state index contributed by atoms with van der Waals surface area (Å²) in [6.45, 7) is 0.658. The predicted octanol–water partition coefficient (Wildman–Crippen LogP) is 4.92. The van der Waals surface area contributed by atoms with Crippen LogP contribution in [0.2, 0.25) is 0 Å². The molecule has 5 nitrogen and oxygen atoms in total. The third kappa shape index (κ3) is 4.87. The van der Waals surface area contributed by atoms with Gasteiger partial charge in [-0.25, -0.2) is 4.39 Å². The Hall–Kier alpha value is -3.09. The molecule has 3 atom stereocenters. The van der Waals surface area contributed by atoms with E-state index in [0.717, 1.165) is 29.7 Å². The zero-order valence-corrected chi connectivity index (χ0v) is 18.1. The van der Waals surface area contributed by atoms with E-state index < -0.39 is 6.10 Å². The number of nitrogens with zero attached hydrogens (tertiary/aromatic N) is 1. The lowest BCUT2D eigenvalue weighted by Gasteiger charge is -2.30. The van der Waals surface area contributed by atoms with E-state index in [2.05, 4.69) is 22.3 Å². The number of benzene rings is 3. The van der Waals surface area contributed by atoms with E-state index in [0.29, 0.717) is 18.8 Å². The summed E-state index contributed by atoms with van der Waals surface area (Å²) in [5, 5.41) is 24.8. The van der Waals surface area contributed by atoms with Gasteiger partial charge in [-0.3, -0.25) is 5.32 Å². The maximum atomic E-state index is 13.1. The molecular weight excluding hydrogens is 407 g/mol. The van der Waals surface area contributed by atoms with Crippen molar-refractivity contribution in [1.82, 2.24) is 5.32 Å². The highest BCUT2D eigenvalue weighted by molar-refractivity contribution is 5.53. The molecule has 0 amide bonds. The Labute approximate surface area is 188 Å². The van der Waals surface area contributed by atoms with Gasteiger partial charge in [-0.1, -0.05) is 30.3 Å². The number of methoxy groups -OCH3 is 1. The zero-order chi connectivity index (χ0) is 22.5. The van der Waals surface area contributed by atoms with Gasteiger partial charge in [-0.05, 0) is 61.2 Å². The number of hydrogen-bond donors (Lipinski definition) is 3. The summed E-state index contributed by atoms with van der Waals surface area (Å²) in [6.07, 6.45) is 1.55. The maximum absolute atomic E-state index is 13.1. The van der Waals surface area contributed by atoms with Crippen LogP contribution in [0.3, 0.4) is 0 Å². The lowest BCUT2D eigenvalue weighted by Crippen LogP contribution is -2.28. The average molecular weight is 437 g/mol. The Morgan fingerprint density at radius 3 is 2.53 bits per heavy atom. The van der Waals surface area contributed by atoms with Crippen LogP contribution in [-0.4, -0.2) is 30.0 Å². The SMILES string of the molecule is COc1ccc(C2C(CCCC(O)c3ccc(F)cc3)NCN2c2ccccc2)c(O)c1. The molecule has 168 valence electrons. The van der Waals surface area contributed by atoms with Crippen LogP contribution in [0.25, 0.3) is 0 Å². The average Bonchev–Trinajstić information content (AvgIpc) is 3.23. The van der Waals surface area contributed by atoms with E-state index in [1.54, 1.807) is 25.3 Å². The van der Waals surface area contributed by atoms with E-state index in [4.69, 9.17) is 4.74 Å². The van der Waals surface area contributed by atoms with Gasteiger partial charge >= 0.3 is 0 Å². The van der Waals surface area contributed by atoms with E-state index in [1.807, 2.05) is 30.3 Å². The highest BCUT2D eigenvalue weighted by atomic mass is 19.1. The van der Waals surface area contributed by atoms with Crippen LogP contribution in [0, 0.1) is 5.82 Å². The number of ether oxygens (including phenoxy) is 1. The molecule has 3 unspecified atom stereocenters. The monoisotopic (exact) mass is 436 g/mol. The summed E-state index contributed by atoms with van der Waals surface area (Å²) in [5.41, 5.74) is 2.64. The highest BCUT2D eigenvalue weighted by Gasteiger charge is 2.36. The van der Waals surface area contributed by atoms with Crippen LogP contribution >= 0.6 is 0 Å². The van der Waals surface area contributed by atoms with Crippen LogP contribution in [-0.2, 0) is 0 Å². The van der Waals surface area contributed by atoms with Gasteiger partial charge in [0.25, 0.3) is 0 Å². The van der Waals surface area contributed by atoms with Crippen molar-refractivity contribution < 1.29 is 19.3 Å². The minimum absolute atomic E-state index is 0.0636. The highest BCUT2D eigenvalue weighted by Crippen LogP contribution is 2.40. The van der Waals surface area contributed by atoms with Gasteiger partial charge in [-0.15, -0.1) is 0 Å². The Morgan fingerprint density at radius 1 is 1.09 bits per heavy atom. The molecule has 4 rings (SSSR count). The maximum Gasteiger partial charge on any atom is 0.124 e. The van der Waals surface area contributed by atoms with Crippen molar-refractivity contribution in [1.29, 1.82) is 0 Å². The second kappa shape index (κ2) is 10.0. The molecule has 0 aromatic heterocycles. The van der Waals surface area contributed by atoms with Gasteiger partial charge in [0, 0.05) is 23.4 Å². The van der Waals surface area contributed by atoms with Crippen LogP contribution in [0.5, 0.6) is 11.5 Å². The van der Waals surface area contributed by atoms with Crippen molar-refractivity contribution in [2.75, 3.05) is 18.7 Å². The van der Waals surface area contributed by atoms with Gasteiger partial charge in [0.05, 0.1) is 25.9 Å². The first-order valence-electron chi connectivity index (χ1n) is 10.9. The fourth-order valence-corrected chi connectivity index (χ4v) is 4.44. The molecule has 1 heterocycles. The molecular formula is C26H29FN2O3.